The molecule has 0 saturated heterocycles. The fourth-order valence-electron chi connectivity index (χ4n) is 1.77. The van der Waals surface area contributed by atoms with Crippen LogP contribution >= 0.6 is 12.4 Å². The molecular formula is C12H16ClOZr. The zero-order chi connectivity index (χ0) is 9.80. The first kappa shape index (κ1) is 13.2. The maximum absolute atomic E-state index is 5.99. The summed E-state index contributed by atoms with van der Waals surface area (Å²) in [6.45, 7) is 2.97. The quantitative estimate of drug-likeness (QED) is 0.770. The van der Waals surface area contributed by atoms with E-state index in [0.29, 0.717) is 0 Å². The van der Waals surface area contributed by atoms with Gasteiger partial charge in [-0.3, -0.25) is 0 Å². The molecule has 0 aromatic carbocycles. The molecule has 0 aromatic heterocycles. The number of allylic oxidation sites excluding steroid dienone is 8. The topological polar surface area (TPSA) is 9.23 Å². The van der Waals surface area contributed by atoms with Crippen LogP contribution in [0.2, 0.25) is 0 Å². The Kier molecular flexibility index (Phi) is 5.81. The molecule has 0 bridgehead atoms. The second kappa shape index (κ2) is 6.63. The van der Waals surface area contributed by atoms with E-state index in [1.165, 1.54) is 0 Å². The Balaban J connectivity index is 0.00000112. The maximum Gasteiger partial charge on any atom is -0.147 e. The first-order chi connectivity index (χ1) is 6.92. The monoisotopic (exact) mass is 301 g/mol. The standard InChI is InChI=1S/2C5H5.C2H5O.ClH.Zr/c2*1-2-4-5-3-1;1-2-3;;/h2*1-3H,4H2;2H2,1H3;1H;/q;;-1;;+1. The van der Waals surface area contributed by atoms with Crippen molar-refractivity contribution in [1.29, 1.82) is 0 Å². The average Bonchev–Trinajstić information content (AvgIpc) is 2.87. The molecule has 2 aliphatic rings. The van der Waals surface area contributed by atoms with Gasteiger partial charge in [0.15, 0.2) is 0 Å². The smallest absolute Gasteiger partial charge is 0.147 e. The van der Waals surface area contributed by atoms with E-state index in [-0.39, 0.29) is 12.4 Å². The Labute approximate surface area is 106 Å². The molecule has 0 unspecified atom stereocenters. The van der Waals surface area contributed by atoms with Crippen LogP contribution in [0.3, 0.4) is 0 Å². The second-order valence-corrected chi connectivity index (χ2v) is 8.90. The first-order valence-corrected chi connectivity index (χ1v) is 8.60. The predicted molar refractivity (Wildman–Crippen MR) is 62.6 cm³/mol. The summed E-state index contributed by atoms with van der Waals surface area (Å²) in [7, 11) is 0. The Bertz CT molecular complexity index is 299. The van der Waals surface area contributed by atoms with E-state index in [4.69, 9.17) is 2.81 Å². The van der Waals surface area contributed by atoms with Gasteiger partial charge in [-0.2, -0.15) is 0 Å². The first-order valence-electron chi connectivity index (χ1n) is 5.13. The summed E-state index contributed by atoms with van der Waals surface area (Å²) in [5.41, 5.74) is 0. The zero-order valence-electron chi connectivity index (χ0n) is 8.90. The minimum Gasteiger partial charge on any atom is -0.147 e. The van der Waals surface area contributed by atoms with Crippen molar-refractivity contribution in [3.8, 4) is 0 Å². The Morgan fingerprint density at radius 2 is 1.67 bits per heavy atom. The van der Waals surface area contributed by atoms with Crippen LogP contribution in [-0.2, 0) is 25.0 Å². The maximum atomic E-state index is 5.99. The molecular weight excluding hydrogens is 287 g/mol. The van der Waals surface area contributed by atoms with Crippen molar-refractivity contribution in [3.05, 3.63) is 43.0 Å². The van der Waals surface area contributed by atoms with Gasteiger partial charge in [-0.15, -0.1) is 12.4 Å². The van der Waals surface area contributed by atoms with Gasteiger partial charge >= 0.3 is 94.4 Å². The largest absolute Gasteiger partial charge is 0.147 e. The molecule has 0 radical (unpaired) electrons. The fourth-order valence-corrected chi connectivity index (χ4v) is 7.11. The van der Waals surface area contributed by atoms with Crippen molar-refractivity contribution in [3.63, 3.8) is 0 Å². The van der Waals surface area contributed by atoms with Crippen LogP contribution in [0.1, 0.15) is 19.8 Å². The number of hydrogen-bond acceptors (Lipinski definition) is 1. The third-order valence-electron chi connectivity index (χ3n) is 2.41. The van der Waals surface area contributed by atoms with E-state index >= 15 is 0 Å². The van der Waals surface area contributed by atoms with E-state index < -0.39 is 22.2 Å². The summed E-state index contributed by atoms with van der Waals surface area (Å²) in [4.78, 5) is 0. The van der Waals surface area contributed by atoms with Gasteiger partial charge in [-0.25, -0.2) is 0 Å². The molecule has 15 heavy (non-hydrogen) atoms. The summed E-state index contributed by atoms with van der Waals surface area (Å²) in [6.07, 6.45) is 15.6. The van der Waals surface area contributed by atoms with Crippen molar-refractivity contribution < 1.29 is 25.0 Å². The molecule has 0 N–H and O–H groups in total. The van der Waals surface area contributed by atoms with Crippen LogP contribution in [0.4, 0.5) is 0 Å². The van der Waals surface area contributed by atoms with Gasteiger partial charge in [0.05, 0.1) is 0 Å². The van der Waals surface area contributed by atoms with Crippen molar-refractivity contribution >= 4 is 12.4 Å². The second-order valence-electron chi connectivity index (χ2n) is 3.41. The zero-order valence-corrected chi connectivity index (χ0v) is 12.2. The number of rotatable bonds is 4. The van der Waals surface area contributed by atoms with Crippen molar-refractivity contribution in [1.82, 2.24) is 0 Å². The Morgan fingerprint density at radius 1 is 1.13 bits per heavy atom. The van der Waals surface area contributed by atoms with Crippen LogP contribution < -0.4 is 0 Å². The van der Waals surface area contributed by atoms with Gasteiger partial charge in [0, 0.05) is 0 Å². The molecule has 2 rings (SSSR count). The molecule has 0 fully saturated rings. The predicted octanol–water partition coefficient (Wildman–Crippen LogP) is 3.67. The minimum absolute atomic E-state index is 0. The van der Waals surface area contributed by atoms with E-state index in [1.807, 2.05) is 0 Å². The normalized spacial score (nSPS) is 17.4. The van der Waals surface area contributed by atoms with E-state index in [9.17, 15) is 0 Å². The molecule has 0 saturated carbocycles. The Morgan fingerprint density at radius 3 is 2.00 bits per heavy atom. The molecule has 0 aliphatic heterocycles. The minimum atomic E-state index is -1.85. The van der Waals surface area contributed by atoms with Gasteiger partial charge in [0.2, 0.25) is 0 Å². The number of halogens is 1. The van der Waals surface area contributed by atoms with Crippen LogP contribution in [0, 0.1) is 0 Å². The molecule has 0 amide bonds. The molecule has 3 heteroatoms. The van der Waals surface area contributed by atoms with Crippen molar-refractivity contribution in [2.45, 2.75) is 19.8 Å². The summed E-state index contributed by atoms with van der Waals surface area (Å²) in [5.74, 6) is 0. The van der Waals surface area contributed by atoms with E-state index in [1.54, 1.807) is 6.56 Å². The van der Waals surface area contributed by atoms with Crippen molar-refractivity contribution in [2.24, 2.45) is 0 Å². The molecule has 0 heterocycles. The summed E-state index contributed by atoms with van der Waals surface area (Å²) in [5, 5.41) is 0. The van der Waals surface area contributed by atoms with E-state index in [2.05, 4.69) is 43.4 Å². The molecule has 0 aromatic rings. The van der Waals surface area contributed by atoms with E-state index in [0.717, 1.165) is 19.4 Å². The third kappa shape index (κ3) is 3.27. The van der Waals surface area contributed by atoms with Crippen LogP contribution in [0.25, 0.3) is 0 Å². The van der Waals surface area contributed by atoms with Gasteiger partial charge in [0.25, 0.3) is 0 Å². The summed E-state index contributed by atoms with van der Waals surface area (Å²) >= 11 is -1.85. The molecule has 81 valence electrons. The van der Waals surface area contributed by atoms with Crippen LogP contribution in [0.5, 0.6) is 0 Å². The molecule has 0 spiro atoms. The fraction of sp³-hybridized carbons (Fsp3) is 0.333. The van der Waals surface area contributed by atoms with Crippen LogP contribution in [0.15, 0.2) is 43.0 Å². The number of hydrogen-bond donors (Lipinski definition) is 0. The SMILES string of the molecule is CC[O][Zr]([C]1=CC=CC1)[C]1=CC=CC1.Cl. The van der Waals surface area contributed by atoms with Gasteiger partial charge in [-0.05, 0) is 0 Å². The summed E-state index contributed by atoms with van der Waals surface area (Å²) < 4.78 is 9.16. The summed E-state index contributed by atoms with van der Waals surface area (Å²) in [6, 6.07) is 0. The van der Waals surface area contributed by atoms with Gasteiger partial charge in [-0.1, -0.05) is 0 Å². The third-order valence-corrected chi connectivity index (χ3v) is 8.52. The van der Waals surface area contributed by atoms with Crippen LogP contribution in [-0.4, -0.2) is 6.61 Å². The molecule has 1 nitrogen and oxygen atoms in total. The molecule has 0 atom stereocenters. The van der Waals surface area contributed by atoms with Gasteiger partial charge in [0.1, 0.15) is 0 Å². The molecule has 2 aliphatic carbocycles. The Hall–Kier alpha value is 0.0931. The van der Waals surface area contributed by atoms with Crippen molar-refractivity contribution in [2.75, 3.05) is 6.61 Å². The van der Waals surface area contributed by atoms with Gasteiger partial charge < -0.3 is 0 Å². The average molecular weight is 303 g/mol.